The van der Waals surface area contributed by atoms with Crippen LogP contribution in [-0.2, 0) is 10.8 Å². The van der Waals surface area contributed by atoms with E-state index in [0.29, 0.717) is 29.4 Å². The van der Waals surface area contributed by atoms with E-state index >= 15 is 0 Å². The van der Waals surface area contributed by atoms with E-state index in [1.165, 1.54) is 12.1 Å². The molecule has 0 fully saturated rings. The van der Waals surface area contributed by atoms with E-state index in [1.807, 2.05) is 6.92 Å². The largest absolute Gasteiger partial charge is 0.397 e. The Bertz CT molecular complexity index is 401. The van der Waals surface area contributed by atoms with E-state index < -0.39 is 16.6 Å². The Morgan fingerprint density at radius 3 is 2.88 bits per heavy atom. The summed E-state index contributed by atoms with van der Waals surface area (Å²) in [5, 5.41) is 3.00. The van der Waals surface area contributed by atoms with Crippen LogP contribution in [0.3, 0.4) is 0 Å². The van der Waals surface area contributed by atoms with Gasteiger partial charge >= 0.3 is 0 Å². The summed E-state index contributed by atoms with van der Waals surface area (Å²) in [6.45, 7) is 2.38. The summed E-state index contributed by atoms with van der Waals surface area (Å²) in [7, 11) is -0.827. The van der Waals surface area contributed by atoms with Gasteiger partial charge in [0.1, 0.15) is 5.82 Å². The summed E-state index contributed by atoms with van der Waals surface area (Å²) in [5.41, 5.74) is 6.47. The molecule has 16 heavy (non-hydrogen) atoms. The van der Waals surface area contributed by atoms with E-state index in [0.717, 1.165) is 0 Å². The van der Waals surface area contributed by atoms with Crippen molar-refractivity contribution in [1.82, 2.24) is 0 Å². The van der Waals surface area contributed by atoms with E-state index in [1.54, 1.807) is 0 Å². The summed E-state index contributed by atoms with van der Waals surface area (Å²) in [5.74, 6) is 0.619. The lowest BCUT2D eigenvalue weighted by Gasteiger charge is -2.09. The van der Waals surface area contributed by atoms with Crippen molar-refractivity contribution in [2.45, 2.75) is 6.92 Å². The van der Waals surface area contributed by atoms with Crippen molar-refractivity contribution >= 4 is 33.8 Å². The van der Waals surface area contributed by atoms with Gasteiger partial charge in [0.15, 0.2) is 0 Å². The number of nitrogens with one attached hydrogen (secondary N) is 1. The maximum atomic E-state index is 13.0. The summed E-state index contributed by atoms with van der Waals surface area (Å²) in [6.07, 6.45) is 0. The topological polar surface area (TPSA) is 55.1 Å². The second-order valence-corrected chi connectivity index (χ2v) is 5.49. The molecule has 0 heterocycles. The predicted molar refractivity (Wildman–Crippen MR) is 67.9 cm³/mol. The third kappa shape index (κ3) is 3.64. The van der Waals surface area contributed by atoms with E-state index in [2.05, 4.69) is 5.32 Å². The number of anilines is 2. The number of nitrogens with two attached hydrogens (primary N) is 1. The van der Waals surface area contributed by atoms with Gasteiger partial charge in [-0.05, 0) is 6.07 Å². The minimum atomic E-state index is -0.827. The van der Waals surface area contributed by atoms with Crippen molar-refractivity contribution in [3.05, 3.63) is 23.0 Å². The van der Waals surface area contributed by atoms with Gasteiger partial charge < -0.3 is 11.1 Å². The second-order valence-electron chi connectivity index (χ2n) is 3.21. The van der Waals surface area contributed by atoms with Crippen LogP contribution in [0.5, 0.6) is 0 Å². The number of hydrogen-bond acceptors (Lipinski definition) is 3. The first-order valence-corrected chi connectivity index (χ1v) is 6.74. The van der Waals surface area contributed by atoms with Gasteiger partial charge in [-0.25, -0.2) is 4.39 Å². The van der Waals surface area contributed by atoms with Crippen LogP contribution in [-0.4, -0.2) is 22.3 Å². The number of halogens is 2. The van der Waals surface area contributed by atoms with E-state index in [9.17, 15) is 8.60 Å². The molecule has 0 radical (unpaired) electrons. The van der Waals surface area contributed by atoms with Crippen molar-refractivity contribution in [3.8, 4) is 0 Å². The molecule has 1 atom stereocenters. The molecule has 1 aromatic carbocycles. The molecule has 0 aliphatic carbocycles. The quantitative estimate of drug-likeness (QED) is 0.802. The Morgan fingerprint density at radius 2 is 2.25 bits per heavy atom. The first-order valence-electron chi connectivity index (χ1n) is 4.88. The van der Waals surface area contributed by atoms with Crippen molar-refractivity contribution < 1.29 is 8.60 Å². The third-order valence-corrected chi connectivity index (χ3v) is 3.65. The molecule has 3 N–H and O–H groups in total. The van der Waals surface area contributed by atoms with Crippen molar-refractivity contribution in [2.75, 3.05) is 29.1 Å². The van der Waals surface area contributed by atoms with Gasteiger partial charge in [-0.3, -0.25) is 4.21 Å². The zero-order valence-corrected chi connectivity index (χ0v) is 10.5. The first kappa shape index (κ1) is 13.3. The highest BCUT2D eigenvalue weighted by molar-refractivity contribution is 7.84. The minimum absolute atomic E-state index is 0.0216. The number of hydrogen-bond donors (Lipinski definition) is 2. The summed E-state index contributed by atoms with van der Waals surface area (Å²) in [4.78, 5) is 0. The van der Waals surface area contributed by atoms with Gasteiger partial charge in [-0.2, -0.15) is 0 Å². The van der Waals surface area contributed by atoms with Crippen molar-refractivity contribution in [2.24, 2.45) is 0 Å². The molecule has 1 aromatic rings. The van der Waals surface area contributed by atoms with Gasteiger partial charge in [-0.15, -0.1) is 0 Å². The molecule has 0 amide bonds. The molecule has 90 valence electrons. The highest BCUT2D eigenvalue weighted by atomic mass is 35.5. The van der Waals surface area contributed by atoms with Crippen LogP contribution in [0.2, 0.25) is 5.02 Å². The Kier molecular flexibility index (Phi) is 5.02. The van der Waals surface area contributed by atoms with Crippen LogP contribution in [0.1, 0.15) is 6.92 Å². The average Bonchev–Trinajstić information content (AvgIpc) is 2.25. The monoisotopic (exact) mass is 264 g/mol. The molecule has 0 bridgehead atoms. The SMILES string of the molecule is CCS(=O)CCNc1cc(Cl)c(F)cc1N. The fourth-order valence-corrected chi connectivity index (χ4v) is 1.94. The highest BCUT2D eigenvalue weighted by Gasteiger charge is 2.06. The van der Waals surface area contributed by atoms with Crippen LogP contribution in [0.4, 0.5) is 15.8 Å². The molecule has 3 nitrogen and oxygen atoms in total. The average molecular weight is 265 g/mol. The molecule has 0 spiro atoms. The lowest BCUT2D eigenvalue weighted by Crippen LogP contribution is -2.13. The third-order valence-electron chi connectivity index (χ3n) is 2.06. The molecular weight excluding hydrogens is 251 g/mol. The molecule has 6 heteroatoms. The van der Waals surface area contributed by atoms with Crippen LogP contribution in [0, 0.1) is 5.82 Å². The fraction of sp³-hybridized carbons (Fsp3) is 0.400. The zero-order valence-electron chi connectivity index (χ0n) is 8.93. The van der Waals surface area contributed by atoms with Crippen LogP contribution in [0.15, 0.2) is 12.1 Å². The van der Waals surface area contributed by atoms with Gasteiger partial charge in [0.2, 0.25) is 0 Å². The minimum Gasteiger partial charge on any atom is -0.397 e. The molecular formula is C10H14ClFN2OS. The number of nitrogen functional groups attached to an aromatic ring is 1. The lowest BCUT2D eigenvalue weighted by molar-refractivity contribution is 0.629. The summed E-state index contributed by atoms with van der Waals surface area (Å²) < 4.78 is 24.1. The summed E-state index contributed by atoms with van der Waals surface area (Å²) in [6, 6.07) is 2.60. The lowest BCUT2D eigenvalue weighted by atomic mass is 10.2. The standard InChI is InChI=1S/C10H14ClFN2OS/c1-2-16(15)4-3-14-10-5-7(11)8(12)6-9(10)13/h5-6,14H,2-4,13H2,1H3. The van der Waals surface area contributed by atoms with Gasteiger partial charge in [0.05, 0.1) is 16.4 Å². The molecule has 1 rings (SSSR count). The van der Waals surface area contributed by atoms with Crippen LogP contribution < -0.4 is 11.1 Å². The second kappa shape index (κ2) is 6.06. The van der Waals surface area contributed by atoms with Gasteiger partial charge in [0.25, 0.3) is 0 Å². The normalized spacial score (nSPS) is 12.4. The molecule has 0 aromatic heterocycles. The fourth-order valence-electron chi connectivity index (χ4n) is 1.16. The van der Waals surface area contributed by atoms with Crippen LogP contribution >= 0.6 is 11.6 Å². The molecule has 0 saturated heterocycles. The predicted octanol–water partition coefficient (Wildman–Crippen LogP) is 2.24. The Balaban J connectivity index is 2.60. The van der Waals surface area contributed by atoms with Gasteiger partial charge in [-0.1, -0.05) is 18.5 Å². The maximum absolute atomic E-state index is 13.0. The van der Waals surface area contributed by atoms with E-state index in [4.69, 9.17) is 17.3 Å². The zero-order chi connectivity index (χ0) is 12.1. The molecule has 0 aliphatic heterocycles. The Labute approximate surface area is 102 Å². The van der Waals surface area contributed by atoms with Crippen LogP contribution in [0.25, 0.3) is 0 Å². The molecule has 0 aliphatic rings. The number of rotatable bonds is 5. The molecule has 0 saturated carbocycles. The number of benzene rings is 1. The van der Waals surface area contributed by atoms with Crippen molar-refractivity contribution in [1.29, 1.82) is 0 Å². The van der Waals surface area contributed by atoms with Gasteiger partial charge in [0, 0.05) is 34.9 Å². The Morgan fingerprint density at radius 1 is 1.56 bits per heavy atom. The smallest absolute Gasteiger partial charge is 0.143 e. The maximum Gasteiger partial charge on any atom is 0.143 e. The first-order chi connectivity index (χ1) is 7.54. The molecule has 1 unspecified atom stereocenters. The summed E-state index contributed by atoms with van der Waals surface area (Å²) >= 11 is 5.62. The highest BCUT2D eigenvalue weighted by Crippen LogP contribution is 2.25. The Hall–Kier alpha value is -0.810. The van der Waals surface area contributed by atoms with Crippen molar-refractivity contribution in [3.63, 3.8) is 0 Å². The van der Waals surface area contributed by atoms with E-state index in [-0.39, 0.29) is 5.02 Å².